The fourth-order valence-corrected chi connectivity index (χ4v) is 3.11. The highest BCUT2D eigenvalue weighted by molar-refractivity contribution is 5.88. The van der Waals surface area contributed by atoms with E-state index in [-0.39, 0.29) is 5.91 Å². The van der Waals surface area contributed by atoms with Gasteiger partial charge in [-0.1, -0.05) is 18.4 Å². The van der Waals surface area contributed by atoms with Crippen molar-refractivity contribution in [3.63, 3.8) is 0 Å². The molecule has 0 radical (unpaired) electrons. The van der Waals surface area contributed by atoms with Gasteiger partial charge in [-0.25, -0.2) is 0 Å². The zero-order valence-electron chi connectivity index (χ0n) is 10.9. The average molecular weight is 237 g/mol. The summed E-state index contributed by atoms with van der Waals surface area (Å²) in [6.07, 6.45) is 6.76. The Bertz CT molecular complexity index is 333. The lowest BCUT2D eigenvalue weighted by atomic mass is 9.71. The molecule has 2 rings (SSSR count). The summed E-state index contributed by atoms with van der Waals surface area (Å²) < 4.78 is 0. The summed E-state index contributed by atoms with van der Waals surface area (Å²) in [5, 5.41) is 10.5. The van der Waals surface area contributed by atoms with E-state index in [4.69, 9.17) is 0 Å². The second-order valence-electron chi connectivity index (χ2n) is 5.80. The molecule has 2 atom stereocenters. The summed E-state index contributed by atoms with van der Waals surface area (Å²) in [6.45, 7) is 5.33. The van der Waals surface area contributed by atoms with Crippen LogP contribution in [-0.2, 0) is 4.79 Å². The van der Waals surface area contributed by atoms with Crippen molar-refractivity contribution in [1.29, 1.82) is 0 Å². The Hall–Kier alpha value is -0.830. The summed E-state index contributed by atoms with van der Waals surface area (Å²) in [6, 6.07) is 0. The molecule has 2 fully saturated rings. The van der Waals surface area contributed by atoms with E-state index in [9.17, 15) is 9.90 Å². The minimum absolute atomic E-state index is 0.109. The number of hydrogen-bond acceptors (Lipinski definition) is 2. The third-order valence-corrected chi connectivity index (χ3v) is 4.15. The van der Waals surface area contributed by atoms with Crippen molar-refractivity contribution in [3.8, 4) is 0 Å². The van der Waals surface area contributed by atoms with Crippen molar-refractivity contribution < 1.29 is 9.90 Å². The Morgan fingerprint density at radius 2 is 2.12 bits per heavy atom. The molecular weight excluding hydrogens is 214 g/mol. The number of nitrogens with zero attached hydrogens (tertiary/aromatic N) is 1. The third-order valence-electron chi connectivity index (χ3n) is 4.15. The SMILES string of the molecule is CC(C)=CC(=O)N1CCC2(O)CCCCC2C1. The number of rotatable bonds is 1. The van der Waals surface area contributed by atoms with Crippen LogP contribution >= 0.6 is 0 Å². The van der Waals surface area contributed by atoms with Crippen LogP contribution in [-0.4, -0.2) is 34.6 Å². The van der Waals surface area contributed by atoms with Crippen molar-refractivity contribution in [2.45, 2.75) is 51.6 Å². The molecule has 1 aliphatic heterocycles. The van der Waals surface area contributed by atoms with Crippen LogP contribution in [0, 0.1) is 5.92 Å². The van der Waals surface area contributed by atoms with Gasteiger partial charge in [0, 0.05) is 25.1 Å². The summed E-state index contributed by atoms with van der Waals surface area (Å²) in [4.78, 5) is 13.9. The lowest BCUT2D eigenvalue weighted by Crippen LogP contribution is -2.54. The van der Waals surface area contributed by atoms with E-state index in [1.54, 1.807) is 6.08 Å². The van der Waals surface area contributed by atoms with Crippen LogP contribution in [0.1, 0.15) is 46.0 Å². The van der Waals surface area contributed by atoms with Gasteiger partial charge in [0.25, 0.3) is 0 Å². The number of aliphatic hydroxyl groups is 1. The lowest BCUT2D eigenvalue weighted by molar-refractivity contribution is -0.138. The van der Waals surface area contributed by atoms with Gasteiger partial charge in [-0.3, -0.25) is 4.79 Å². The highest BCUT2D eigenvalue weighted by Crippen LogP contribution is 2.39. The van der Waals surface area contributed by atoms with Gasteiger partial charge in [-0.15, -0.1) is 0 Å². The monoisotopic (exact) mass is 237 g/mol. The lowest BCUT2D eigenvalue weighted by Gasteiger charge is -2.47. The molecule has 0 aromatic rings. The maximum atomic E-state index is 12.0. The first kappa shape index (κ1) is 12.6. The Labute approximate surface area is 103 Å². The molecule has 0 bridgehead atoms. The van der Waals surface area contributed by atoms with Gasteiger partial charge in [0.15, 0.2) is 0 Å². The zero-order chi connectivity index (χ0) is 12.5. The molecule has 1 saturated carbocycles. The van der Waals surface area contributed by atoms with Gasteiger partial charge in [0.2, 0.25) is 5.91 Å². The van der Waals surface area contributed by atoms with Crippen molar-refractivity contribution in [3.05, 3.63) is 11.6 Å². The molecule has 2 unspecified atom stereocenters. The standard InChI is InChI=1S/C14H23NO2/c1-11(2)9-13(16)15-8-7-14(17)6-4-3-5-12(14)10-15/h9,12,17H,3-8,10H2,1-2H3. The van der Waals surface area contributed by atoms with E-state index >= 15 is 0 Å². The number of piperidine rings is 1. The molecule has 0 aromatic carbocycles. The van der Waals surface area contributed by atoms with Crippen LogP contribution in [0.15, 0.2) is 11.6 Å². The number of carbonyl (C=O) groups excluding carboxylic acids is 1. The summed E-state index contributed by atoms with van der Waals surface area (Å²) >= 11 is 0. The number of fused-ring (bicyclic) bond motifs is 1. The van der Waals surface area contributed by atoms with E-state index < -0.39 is 5.60 Å². The number of carbonyl (C=O) groups is 1. The van der Waals surface area contributed by atoms with E-state index in [2.05, 4.69) is 0 Å². The maximum absolute atomic E-state index is 12.0. The van der Waals surface area contributed by atoms with Gasteiger partial charge in [0.05, 0.1) is 5.60 Å². The van der Waals surface area contributed by atoms with Gasteiger partial charge in [-0.2, -0.15) is 0 Å². The number of likely N-dealkylation sites (tertiary alicyclic amines) is 1. The van der Waals surface area contributed by atoms with Gasteiger partial charge in [0.1, 0.15) is 0 Å². The molecular formula is C14H23NO2. The predicted molar refractivity (Wildman–Crippen MR) is 67.5 cm³/mol. The van der Waals surface area contributed by atoms with Gasteiger partial charge >= 0.3 is 0 Å². The van der Waals surface area contributed by atoms with Crippen LogP contribution in [0.25, 0.3) is 0 Å². The van der Waals surface area contributed by atoms with Crippen molar-refractivity contribution in [2.24, 2.45) is 5.92 Å². The van der Waals surface area contributed by atoms with Crippen molar-refractivity contribution in [2.75, 3.05) is 13.1 Å². The van der Waals surface area contributed by atoms with Crippen molar-refractivity contribution >= 4 is 5.91 Å². The van der Waals surface area contributed by atoms with E-state index in [1.807, 2.05) is 18.7 Å². The topological polar surface area (TPSA) is 40.5 Å². The Kier molecular flexibility index (Phi) is 3.57. The maximum Gasteiger partial charge on any atom is 0.246 e. The van der Waals surface area contributed by atoms with E-state index in [1.165, 1.54) is 6.42 Å². The number of amides is 1. The Morgan fingerprint density at radius 3 is 2.82 bits per heavy atom. The molecule has 2 aliphatic rings. The fourth-order valence-electron chi connectivity index (χ4n) is 3.11. The molecule has 3 heteroatoms. The minimum atomic E-state index is -0.486. The quantitative estimate of drug-likeness (QED) is 0.710. The van der Waals surface area contributed by atoms with Gasteiger partial charge < -0.3 is 10.0 Å². The van der Waals surface area contributed by atoms with Crippen LogP contribution in [0.5, 0.6) is 0 Å². The molecule has 17 heavy (non-hydrogen) atoms. The highest BCUT2D eigenvalue weighted by Gasteiger charge is 2.43. The normalized spacial score (nSPS) is 32.9. The molecule has 3 nitrogen and oxygen atoms in total. The van der Waals surface area contributed by atoms with Crippen LogP contribution in [0.3, 0.4) is 0 Å². The Morgan fingerprint density at radius 1 is 1.35 bits per heavy atom. The molecule has 1 aliphatic carbocycles. The van der Waals surface area contributed by atoms with Crippen molar-refractivity contribution in [1.82, 2.24) is 4.90 Å². The zero-order valence-corrected chi connectivity index (χ0v) is 10.9. The number of hydrogen-bond donors (Lipinski definition) is 1. The molecule has 1 saturated heterocycles. The largest absolute Gasteiger partial charge is 0.389 e. The first-order chi connectivity index (χ1) is 8.01. The van der Waals surface area contributed by atoms with Crippen LogP contribution in [0.4, 0.5) is 0 Å². The van der Waals surface area contributed by atoms with E-state index in [0.29, 0.717) is 12.5 Å². The third kappa shape index (κ3) is 2.71. The fraction of sp³-hybridized carbons (Fsp3) is 0.786. The summed E-state index contributed by atoms with van der Waals surface area (Å²) in [5.74, 6) is 0.400. The average Bonchev–Trinajstić information content (AvgIpc) is 2.26. The summed E-state index contributed by atoms with van der Waals surface area (Å²) in [7, 11) is 0. The summed E-state index contributed by atoms with van der Waals surface area (Å²) in [5.41, 5.74) is 0.555. The number of allylic oxidation sites excluding steroid dienone is 1. The van der Waals surface area contributed by atoms with Crippen LogP contribution < -0.4 is 0 Å². The molecule has 1 heterocycles. The highest BCUT2D eigenvalue weighted by atomic mass is 16.3. The second kappa shape index (κ2) is 4.81. The van der Waals surface area contributed by atoms with E-state index in [0.717, 1.165) is 37.8 Å². The van der Waals surface area contributed by atoms with Gasteiger partial charge in [-0.05, 0) is 33.1 Å². The minimum Gasteiger partial charge on any atom is -0.389 e. The molecule has 0 spiro atoms. The molecule has 1 N–H and O–H groups in total. The first-order valence-corrected chi connectivity index (χ1v) is 6.67. The predicted octanol–water partition coefficient (Wildman–Crippen LogP) is 2.11. The first-order valence-electron chi connectivity index (χ1n) is 6.67. The Balaban J connectivity index is 2.02. The smallest absolute Gasteiger partial charge is 0.246 e. The molecule has 0 aromatic heterocycles. The molecule has 96 valence electrons. The molecule has 1 amide bonds. The van der Waals surface area contributed by atoms with Crippen LogP contribution in [0.2, 0.25) is 0 Å². The second-order valence-corrected chi connectivity index (χ2v) is 5.80.